The zero-order chi connectivity index (χ0) is 15.6. The summed E-state index contributed by atoms with van der Waals surface area (Å²) < 4.78 is 43.3. The number of ether oxygens (including phenoxy) is 1. The van der Waals surface area contributed by atoms with Gasteiger partial charge in [0.05, 0.1) is 6.20 Å². The van der Waals surface area contributed by atoms with E-state index >= 15 is 0 Å². The van der Waals surface area contributed by atoms with Gasteiger partial charge in [-0.2, -0.15) is 13.2 Å². The number of thiazole rings is 1. The molecule has 0 aliphatic heterocycles. The quantitative estimate of drug-likeness (QED) is 0.870. The zero-order valence-electron chi connectivity index (χ0n) is 10.7. The predicted molar refractivity (Wildman–Crippen MR) is 66.6 cm³/mol. The zero-order valence-corrected chi connectivity index (χ0v) is 11.5. The van der Waals surface area contributed by atoms with Crippen molar-refractivity contribution < 1.29 is 27.5 Å². The van der Waals surface area contributed by atoms with Crippen LogP contribution in [-0.2, 0) is 14.3 Å². The second-order valence-corrected chi connectivity index (χ2v) is 4.98. The van der Waals surface area contributed by atoms with Gasteiger partial charge in [0.25, 0.3) is 0 Å². The minimum Gasteiger partial charge on any atom is -0.463 e. The average Bonchev–Trinajstić information content (AvgIpc) is 2.95. The molecule has 0 fully saturated rings. The monoisotopic (exact) mass is 321 g/mol. The highest BCUT2D eigenvalue weighted by Crippen LogP contribution is 2.21. The molecule has 1 amide bonds. The summed E-state index contributed by atoms with van der Waals surface area (Å²) in [4.78, 5) is 26.6. The van der Waals surface area contributed by atoms with Gasteiger partial charge in [0.1, 0.15) is 23.3 Å². The van der Waals surface area contributed by atoms with Gasteiger partial charge in [-0.15, -0.1) is 11.3 Å². The topological polar surface area (TPSA) is 72.7 Å². The van der Waals surface area contributed by atoms with Crippen LogP contribution in [0.25, 0.3) is 4.83 Å². The molecule has 2 heterocycles. The number of nitrogens with zero attached hydrogens (tertiary/aromatic N) is 2. The molecule has 0 bridgehead atoms. The molecule has 2 aromatic heterocycles. The second kappa shape index (κ2) is 5.72. The Labute approximate surface area is 120 Å². The Bertz CT molecular complexity index is 664. The van der Waals surface area contributed by atoms with Crippen LogP contribution in [0.3, 0.4) is 0 Å². The molecule has 21 heavy (non-hydrogen) atoms. The molecule has 0 saturated heterocycles. The third kappa shape index (κ3) is 3.51. The van der Waals surface area contributed by atoms with Crippen LogP contribution in [0.15, 0.2) is 17.8 Å². The van der Waals surface area contributed by atoms with Gasteiger partial charge in [-0.3, -0.25) is 14.0 Å². The second-order valence-electron chi connectivity index (χ2n) is 4.05. The summed E-state index contributed by atoms with van der Waals surface area (Å²) in [5.74, 6) is -2.63. The molecular weight excluding hydrogens is 311 g/mol. The fourth-order valence-corrected chi connectivity index (χ4v) is 2.34. The van der Waals surface area contributed by atoms with Crippen LogP contribution in [0.2, 0.25) is 0 Å². The molecule has 2 aromatic rings. The van der Waals surface area contributed by atoms with Crippen LogP contribution in [-0.4, -0.2) is 34.0 Å². The Morgan fingerprint density at radius 1 is 1.52 bits per heavy atom. The molecular formula is C11H10F3N3O3S. The van der Waals surface area contributed by atoms with E-state index in [0.717, 1.165) is 6.92 Å². The van der Waals surface area contributed by atoms with Crippen LogP contribution < -0.4 is 5.32 Å². The van der Waals surface area contributed by atoms with Crippen LogP contribution in [0.1, 0.15) is 18.8 Å². The lowest BCUT2D eigenvalue weighted by molar-refractivity contribution is -0.175. The maximum absolute atomic E-state index is 12.4. The molecule has 0 aliphatic rings. The summed E-state index contributed by atoms with van der Waals surface area (Å²) >= 11 is 1.33. The van der Waals surface area contributed by atoms with Crippen molar-refractivity contribution in [2.45, 2.75) is 19.1 Å². The van der Waals surface area contributed by atoms with Crippen molar-refractivity contribution in [3.8, 4) is 0 Å². The summed E-state index contributed by atoms with van der Waals surface area (Å²) in [5.41, 5.74) is 0. The predicted octanol–water partition coefficient (Wildman–Crippen LogP) is 1.68. The highest BCUT2D eigenvalue weighted by molar-refractivity contribution is 7.15. The molecule has 6 nitrogen and oxygen atoms in total. The number of carbonyl (C=O) groups excluding carboxylic acids is 2. The highest BCUT2D eigenvalue weighted by Gasteiger charge is 2.40. The number of carbonyl (C=O) groups is 2. The first kappa shape index (κ1) is 15.3. The first-order chi connectivity index (χ1) is 9.79. The third-order valence-electron chi connectivity index (χ3n) is 2.52. The van der Waals surface area contributed by atoms with Crippen LogP contribution in [0.4, 0.5) is 13.2 Å². The number of halogens is 3. The summed E-state index contributed by atoms with van der Waals surface area (Å²) in [6.45, 7) is 0.681. The molecule has 2 rings (SSSR count). The maximum atomic E-state index is 12.4. The van der Waals surface area contributed by atoms with Crippen LogP contribution >= 0.6 is 11.3 Å². The van der Waals surface area contributed by atoms with Crippen molar-refractivity contribution in [3.05, 3.63) is 23.6 Å². The number of imidazole rings is 1. The molecule has 114 valence electrons. The van der Waals surface area contributed by atoms with Gasteiger partial charge in [-0.25, -0.2) is 4.98 Å². The van der Waals surface area contributed by atoms with Crippen molar-refractivity contribution in [1.29, 1.82) is 0 Å². The van der Waals surface area contributed by atoms with Gasteiger partial charge >= 0.3 is 18.1 Å². The molecule has 0 radical (unpaired) electrons. The van der Waals surface area contributed by atoms with Crippen molar-refractivity contribution in [2.24, 2.45) is 0 Å². The number of alkyl halides is 3. The van der Waals surface area contributed by atoms with Crippen molar-refractivity contribution >= 4 is 28.0 Å². The SMILES string of the molecule is CC(=O)OC[C@H](NC(=O)C(F)(F)F)c1ncc2sccn12. The lowest BCUT2D eigenvalue weighted by Gasteiger charge is -2.18. The first-order valence-corrected chi connectivity index (χ1v) is 6.58. The van der Waals surface area contributed by atoms with Crippen molar-refractivity contribution in [3.63, 3.8) is 0 Å². The number of hydrogen-bond acceptors (Lipinski definition) is 5. The smallest absolute Gasteiger partial charge is 0.463 e. The lowest BCUT2D eigenvalue weighted by Crippen LogP contribution is -2.41. The largest absolute Gasteiger partial charge is 0.471 e. The summed E-state index contributed by atoms with van der Waals surface area (Å²) in [5, 5.41) is 3.49. The lowest BCUT2D eigenvalue weighted by atomic mass is 10.3. The Kier molecular flexibility index (Phi) is 4.16. The summed E-state index contributed by atoms with van der Waals surface area (Å²) in [6, 6.07) is -1.19. The Morgan fingerprint density at radius 3 is 2.86 bits per heavy atom. The third-order valence-corrected chi connectivity index (χ3v) is 3.32. The number of hydrogen-bond donors (Lipinski definition) is 1. The standard InChI is InChI=1S/C11H10F3N3O3S/c1-6(18)20-5-7(16-10(19)11(12,13)14)9-15-4-8-17(9)2-3-21-8/h2-4,7H,5H2,1H3,(H,16,19)/t7-/m0/s1. The van der Waals surface area contributed by atoms with E-state index in [1.807, 2.05) is 0 Å². The van der Waals surface area contributed by atoms with Gasteiger partial charge in [0, 0.05) is 18.5 Å². The summed E-state index contributed by atoms with van der Waals surface area (Å²) in [6.07, 6.45) is -1.97. The number of nitrogens with one attached hydrogen (secondary N) is 1. The molecule has 0 aromatic carbocycles. The van der Waals surface area contributed by atoms with Gasteiger partial charge in [-0.05, 0) is 0 Å². The van der Waals surface area contributed by atoms with E-state index in [1.54, 1.807) is 16.9 Å². The average molecular weight is 321 g/mol. The Hall–Kier alpha value is -2.10. The van der Waals surface area contributed by atoms with Crippen LogP contribution in [0.5, 0.6) is 0 Å². The number of aromatic nitrogens is 2. The molecule has 0 aliphatic carbocycles. The molecule has 10 heteroatoms. The fraction of sp³-hybridized carbons (Fsp3) is 0.364. The fourth-order valence-electron chi connectivity index (χ4n) is 1.64. The maximum Gasteiger partial charge on any atom is 0.471 e. The summed E-state index contributed by atoms with van der Waals surface area (Å²) in [7, 11) is 0. The molecule has 0 unspecified atom stereocenters. The molecule has 1 atom stereocenters. The molecule has 0 spiro atoms. The minimum absolute atomic E-state index is 0.158. The van der Waals surface area contributed by atoms with E-state index in [0.29, 0.717) is 4.83 Å². The number of rotatable bonds is 4. The van der Waals surface area contributed by atoms with Crippen molar-refractivity contribution in [1.82, 2.24) is 14.7 Å². The van der Waals surface area contributed by atoms with Gasteiger partial charge in [0.15, 0.2) is 0 Å². The first-order valence-electron chi connectivity index (χ1n) is 5.70. The minimum atomic E-state index is -5.03. The van der Waals surface area contributed by atoms with E-state index in [-0.39, 0.29) is 5.82 Å². The van der Waals surface area contributed by atoms with E-state index in [9.17, 15) is 22.8 Å². The van der Waals surface area contributed by atoms with Gasteiger partial charge < -0.3 is 10.1 Å². The number of amides is 1. The normalized spacial score (nSPS) is 13.1. The van der Waals surface area contributed by atoms with Crippen LogP contribution in [0, 0.1) is 0 Å². The molecule has 0 saturated carbocycles. The number of fused-ring (bicyclic) bond motifs is 1. The van der Waals surface area contributed by atoms with E-state index in [2.05, 4.69) is 4.98 Å². The Balaban J connectivity index is 2.25. The van der Waals surface area contributed by atoms with E-state index < -0.39 is 30.7 Å². The van der Waals surface area contributed by atoms with E-state index in [1.165, 1.54) is 21.9 Å². The van der Waals surface area contributed by atoms with E-state index in [4.69, 9.17) is 4.74 Å². The Morgan fingerprint density at radius 2 is 2.24 bits per heavy atom. The van der Waals surface area contributed by atoms with Gasteiger partial charge in [0.2, 0.25) is 0 Å². The highest BCUT2D eigenvalue weighted by atomic mass is 32.1. The van der Waals surface area contributed by atoms with Gasteiger partial charge in [-0.1, -0.05) is 0 Å². The molecule has 1 N–H and O–H groups in total. The van der Waals surface area contributed by atoms with Crippen molar-refractivity contribution in [2.75, 3.05) is 6.61 Å². The number of esters is 1.